The third-order valence-electron chi connectivity index (χ3n) is 3.28. The molecule has 0 aliphatic heterocycles. The normalized spacial score (nSPS) is 28.7. The molecule has 0 unspecified atom stereocenters. The zero-order valence-corrected chi connectivity index (χ0v) is 10.0. The van der Waals surface area contributed by atoms with Crippen LogP contribution in [-0.2, 0) is 5.67 Å². The predicted molar refractivity (Wildman–Crippen MR) is 62.5 cm³/mol. The van der Waals surface area contributed by atoms with Crippen LogP contribution in [0.25, 0.3) is 0 Å². The van der Waals surface area contributed by atoms with Gasteiger partial charge in [0.25, 0.3) is 0 Å². The van der Waals surface area contributed by atoms with Crippen LogP contribution in [-0.4, -0.2) is 13.2 Å². The van der Waals surface area contributed by atoms with Crippen LogP contribution >= 0.6 is 0 Å². The highest BCUT2D eigenvalue weighted by Crippen LogP contribution is 2.49. The summed E-state index contributed by atoms with van der Waals surface area (Å²) in [6.07, 6.45) is 0.792. The quantitative estimate of drug-likeness (QED) is 0.836. The summed E-state index contributed by atoms with van der Waals surface area (Å²) in [5.41, 5.74) is 7.11. The van der Waals surface area contributed by atoms with Crippen molar-refractivity contribution >= 4 is 0 Å². The second-order valence-corrected chi connectivity index (χ2v) is 4.79. The van der Waals surface area contributed by atoms with Crippen molar-refractivity contribution in [2.45, 2.75) is 38.4 Å². The van der Waals surface area contributed by atoms with Gasteiger partial charge in [0.1, 0.15) is 11.4 Å². The maximum atomic E-state index is 14.6. The molecule has 0 heterocycles. The van der Waals surface area contributed by atoms with Crippen molar-refractivity contribution in [3.63, 3.8) is 0 Å². The first-order chi connectivity index (χ1) is 7.46. The van der Waals surface area contributed by atoms with Crippen molar-refractivity contribution in [1.29, 1.82) is 0 Å². The van der Waals surface area contributed by atoms with E-state index in [4.69, 9.17) is 10.5 Å². The summed E-state index contributed by atoms with van der Waals surface area (Å²) in [5, 5.41) is 0. The first kappa shape index (κ1) is 11.4. The first-order valence-electron chi connectivity index (χ1n) is 5.56. The van der Waals surface area contributed by atoms with Crippen molar-refractivity contribution in [2.24, 2.45) is 5.73 Å². The van der Waals surface area contributed by atoms with Crippen LogP contribution in [0.5, 0.6) is 5.75 Å². The van der Waals surface area contributed by atoms with Gasteiger partial charge in [-0.25, -0.2) is 4.39 Å². The summed E-state index contributed by atoms with van der Waals surface area (Å²) < 4.78 is 19.9. The van der Waals surface area contributed by atoms with E-state index in [1.54, 1.807) is 7.11 Å². The lowest BCUT2D eigenvalue weighted by molar-refractivity contribution is 0.0374. The minimum atomic E-state index is -1.29. The molecule has 1 saturated carbocycles. The van der Waals surface area contributed by atoms with Gasteiger partial charge in [0.05, 0.1) is 7.11 Å². The summed E-state index contributed by atoms with van der Waals surface area (Å²) in [6, 6.07) is 3.85. The van der Waals surface area contributed by atoms with E-state index in [1.165, 1.54) is 0 Å². The average molecular weight is 223 g/mol. The Balaban J connectivity index is 2.47. The van der Waals surface area contributed by atoms with E-state index in [-0.39, 0.29) is 6.04 Å². The highest BCUT2D eigenvalue weighted by atomic mass is 19.1. The van der Waals surface area contributed by atoms with Crippen molar-refractivity contribution in [2.75, 3.05) is 7.11 Å². The predicted octanol–water partition coefficient (Wildman–Crippen LogP) is 2.60. The topological polar surface area (TPSA) is 35.2 Å². The fourth-order valence-corrected chi connectivity index (χ4v) is 2.64. The van der Waals surface area contributed by atoms with Crippen LogP contribution in [0.1, 0.15) is 29.5 Å². The molecule has 0 saturated heterocycles. The van der Waals surface area contributed by atoms with E-state index in [0.29, 0.717) is 24.2 Å². The number of nitrogens with two attached hydrogens (primary N) is 1. The Morgan fingerprint density at radius 2 is 2.00 bits per heavy atom. The number of aryl methyl sites for hydroxylation is 2. The number of rotatable bonds is 2. The van der Waals surface area contributed by atoms with Crippen LogP contribution in [0.4, 0.5) is 4.39 Å². The third kappa shape index (κ3) is 1.69. The van der Waals surface area contributed by atoms with Crippen LogP contribution < -0.4 is 10.5 Å². The Morgan fingerprint density at radius 1 is 1.38 bits per heavy atom. The number of alkyl halides is 1. The summed E-state index contributed by atoms with van der Waals surface area (Å²) in [6.45, 7) is 3.91. The fourth-order valence-electron chi connectivity index (χ4n) is 2.64. The Morgan fingerprint density at radius 3 is 2.50 bits per heavy atom. The molecule has 1 aliphatic rings. The number of methoxy groups -OCH3 is 1. The number of hydrogen-bond donors (Lipinski definition) is 1. The second kappa shape index (κ2) is 3.74. The number of ether oxygens (including phenoxy) is 1. The van der Waals surface area contributed by atoms with Crippen molar-refractivity contribution in [3.05, 3.63) is 28.8 Å². The van der Waals surface area contributed by atoms with E-state index in [1.807, 2.05) is 26.0 Å². The molecule has 0 aromatic heterocycles. The van der Waals surface area contributed by atoms with Crippen LogP contribution in [0.3, 0.4) is 0 Å². The molecule has 1 aliphatic carbocycles. The molecule has 1 aromatic rings. The van der Waals surface area contributed by atoms with Gasteiger partial charge in [0.15, 0.2) is 0 Å². The maximum Gasteiger partial charge on any atom is 0.142 e. The smallest absolute Gasteiger partial charge is 0.142 e. The Bertz CT molecular complexity index is 411. The minimum absolute atomic E-state index is 0.0181. The van der Waals surface area contributed by atoms with E-state index in [2.05, 4.69) is 0 Å². The molecule has 0 amide bonds. The van der Waals surface area contributed by atoms with Gasteiger partial charge in [0.2, 0.25) is 0 Å². The van der Waals surface area contributed by atoms with E-state index < -0.39 is 5.67 Å². The highest BCUT2D eigenvalue weighted by molar-refractivity contribution is 5.48. The molecule has 3 heteroatoms. The van der Waals surface area contributed by atoms with Crippen LogP contribution in [0.15, 0.2) is 12.1 Å². The second-order valence-electron chi connectivity index (χ2n) is 4.79. The van der Waals surface area contributed by atoms with E-state index in [9.17, 15) is 4.39 Å². The average Bonchev–Trinajstić information content (AvgIpc) is 2.13. The summed E-state index contributed by atoms with van der Waals surface area (Å²) in [5.74, 6) is 0.645. The lowest BCUT2D eigenvalue weighted by atomic mass is 9.71. The molecule has 1 aromatic carbocycles. The van der Waals surface area contributed by atoms with E-state index >= 15 is 0 Å². The standard InChI is InChI=1S/C13H18FNO/c1-8-4-9(2)12(11(5-8)16-3)13(14)6-10(15)7-13/h4-5,10H,6-7,15H2,1-3H3. The minimum Gasteiger partial charge on any atom is -0.496 e. The summed E-state index contributed by atoms with van der Waals surface area (Å²) >= 11 is 0. The molecule has 0 radical (unpaired) electrons. The highest BCUT2D eigenvalue weighted by Gasteiger charge is 2.47. The molecule has 16 heavy (non-hydrogen) atoms. The SMILES string of the molecule is COc1cc(C)cc(C)c1C1(F)CC(N)C1. The van der Waals surface area contributed by atoms with Crippen LogP contribution in [0, 0.1) is 13.8 Å². The largest absolute Gasteiger partial charge is 0.496 e. The van der Waals surface area contributed by atoms with E-state index in [0.717, 1.165) is 11.1 Å². The van der Waals surface area contributed by atoms with Gasteiger partial charge in [-0.15, -0.1) is 0 Å². The lowest BCUT2D eigenvalue weighted by Gasteiger charge is -2.41. The van der Waals surface area contributed by atoms with Gasteiger partial charge in [0, 0.05) is 24.4 Å². The molecule has 2 N–H and O–H groups in total. The molecular formula is C13H18FNO. The maximum absolute atomic E-state index is 14.6. The van der Waals surface area contributed by atoms with Crippen molar-refractivity contribution in [1.82, 2.24) is 0 Å². The van der Waals surface area contributed by atoms with Gasteiger partial charge in [-0.3, -0.25) is 0 Å². The number of halogens is 1. The van der Waals surface area contributed by atoms with Gasteiger partial charge in [-0.1, -0.05) is 6.07 Å². The monoisotopic (exact) mass is 223 g/mol. The van der Waals surface area contributed by atoms with Gasteiger partial charge >= 0.3 is 0 Å². The molecule has 0 spiro atoms. The zero-order valence-electron chi connectivity index (χ0n) is 10.0. The number of hydrogen-bond acceptors (Lipinski definition) is 2. The number of benzene rings is 1. The Hall–Kier alpha value is -1.09. The molecule has 2 nitrogen and oxygen atoms in total. The summed E-state index contributed by atoms with van der Waals surface area (Å²) in [7, 11) is 1.58. The van der Waals surface area contributed by atoms with Crippen molar-refractivity contribution in [3.8, 4) is 5.75 Å². The first-order valence-corrected chi connectivity index (χ1v) is 5.56. The van der Waals surface area contributed by atoms with Gasteiger partial charge < -0.3 is 10.5 Å². The van der Waals surface area contributed by atoms with Gasteiger partial charge in [-0.2, -0.15) is 0 Å². The molecule has 1 fully saturated rings. The summed E-state index contributed by atoms with van der Waals surface area (Å²) in [4.78, 5) is 0. The Kier molecular flexibility index (Phi) is 2.66. The molecule has 0 atom stereocenters. The fraction of sp³-hybridized carbons (Fsp3) is 0.538. The molecular weight excluding hydrogens is 205 g/mol. The lowest BCUT2D eigenvalue weighted by Crippen LogP contribution is -2.46. The molecule has 2 rings (SSSR count). The zero-order chi connectivity index (χ0) is 11.9. The van der Waals surface area contributed by atoms with Crippen LogP contribution in [0.2, 0.25) is 0 Å². The molecule has 88 valence electrons. The van der Waals surface area contributed by atoms with Crippen molar-refractivity contribution < 1.29 is 9.13 Å². The van der Waals surface area contributed by atoms with Gasteiger partial charge in [-0.05, 0) is 31.0 Å². The third-order valence-corrected chi connectivity index (χ3v) is 3.28. The Labute approximate surface area is 95.6 Å². The molecule has 0 bridgehead atoms.